The topological polar surface area (TPSA) is 92.7 Å². The zero-order valence-electron chi connectivity index (χ0n) is 16.1. The Hall–Kier alpha value is -2.65. The molecular formula is C20H20N6OS2. The summed E-state index contributed by atoms with van der Waals surface area (Å²) in [4.78, 5) is 23.7. The van der Waals surface area contributed by atoms with Crippen molar-refractivity contribution in [3.8, 4) is 0 Å². The number of nitrogens with one attached hydrogen (secondary N) is 2. The third-order valence-corrected chi connectivity index (χ3v) is 7.01. The van der Waals surface area contributed by atoms with E-state index in [1.807, 2.05) is 32.0 Å². The molecule has 0 radical (unpaired) electrons. The van der Waals surface area contributed by atoms with E-state index in [2.05, 4.69) is 30.2 Å². The van der Waals surface area contributed by atoms with Crippen LogP contribution in [0.25, 0.3) is 20.4 Å². The number of hydrogen-bond donors (Lipinski definition) is 2. The van der Waals surface area contributed by atoms with E-state index >= 15 is 0 Å². The largest absolute Gasteiger partial charge is 0.354 e. The maximum atomic E-state index is 12.5. The summed E-state index contributed by atoms with van der Waals surface area (Å²) in [6, 6.07) is 6.15. The number of fused-ring (bicyclic) bond motifs is 4. The molecule has 0 unspecified atom stereocenters. The molecule has 29 heavy (non-hydrogen) atoms. The van der Waals surface area contributed by atoms with Crippen LogP contribution < -0.4 is 10.6 Å². The molecule has 0 spiro atoms. The molecule has 5 rings (SSSR count). The van der Waals surface area contributed by atoms with E-state index in [0.29, 0.717) is 0 Å². The van der Waals surface area contributed by atoms with Crippen LogP contribution in [0.5, 0.6) is 0 Å². The molecular weight excluding hydrogens is 404 g/mol. The highest BCUT2D eigenvalue weighted by Crippen LogP contribution is 2.40. The molecule has 1 aromatic carbocycles. The Kier molecular flexibility index (Phi) is 4.63. The maximum absolute atomic E-state index is 12.5. The molecule has 3 heterocycles. The van der Waals surface area contributed by atoms with Crippen LogP contribution in [0.1, 0.15) is 30.7 Å². The summed E-state index contributed by atoms with van der Waals surface area (Å²) in [7, 11) is 0. The number of benzene rings is 1. The number of aromatic nitrogens is 4. The van der Waals surface area contributed by atoms with Gasteiger partial charge in [-0.1, -0.05) is 4.49 Å². The minimum Gasteiger partial charge on any atom is -0.354 e. The number of nitrogens with zero attached hydrogens (tertiary/aromatic N) is 4. The van der Waals surface area contributed by atoms with Crippen molar-refractivity contribution in [3.05, 3.63) is 35.0 Å². The zero-order chi connectivity index (χ0) is 20.0. The molecule has 1 aliphatic carbocycles. The molecule has 0 bridgehead atoms. The molecule has 1 atom stereocenters. The molecule has 0 fully saturated rings. The minimum atomic E-state index is 0.0311. The lowest BCUT2D eigenvalue weighted by Gasteiger charge is -2.22. The first-order valence-electron chi connectivity index (χ1n) is 9.63. The fourth-order valence-electron chi connectivity index (χ4n) is 3.82. The zero-order valence-corrected chi connectivity index (χ0v) is 17.7. The second kappa shape index (κ2) is 7.31. The van der Waals surface area contributed by atoms with Gasteiger partial charge in [0.25, 0.3) is 0 Å². The number of hydrogen-bond acceptors (Lipinski definition) is 8. The molecule has 148 valence electrons. The van der Waals surface area contributed by atoms with E-state index in [1.165, 1.54) is 22.0 Å². The van der Waals surface area contributed by atoms with Gasteiger partial charge < -0.3 is 10.6 Å². The van der Waals surface area contributed by atoms with Gasteiger partial charge in [-0.2, -0.15) is 0 Å². The standard InChI is InChI=1S/C20H20N6OS2/c1-10(2)23-19(27)11-3-5-13-15(7-11)28-20-17(13)18(21-9-22-20)24-12-4-6-14-16(8-12)29-26-25-14/h4,6,8-11H,3,5,7H2,1-2H3,(H,23,27)(H,21,22,24)/t11-/m0/s1. The lowest BCUT2D eigenvalue weighted by atomic mass is 9.87. The third kappa shape index (κ3) is 3.44. The molecule has 3 aromatic heterocycles. The van der Waals surface area contributed by atoms with Crippen molar-refractivity contribution < 1.29 is 4.79 Å². The number of anilines is 2. The molecule has 4 aromatic rings. The van der Waals surface area contributed by atoms with Crippen LogP contribution in [0, 0.1) is 5.92 Å². The van der Waals surface area contributed by atoms with Gasteiger partial charge in [0.05, 0.1) is 10.1 Å². The van der Waals surface area contributed by atoms with Gasteiger partial charge in [0.15, 0.2) is 0 Å². The summed E-state index contributed by atoms with van der Waals surface area (Å²) in [5, 5.41) is 11.7. The predicted octanol–water partition coefficient (Wildman–Crippen LogP) is 4.07. The molecule has 1 amide bonds. The van der Waals surface area contributed by atoms with Crippen LogP contribution in [0.4, 0.5) is 11.5 Å². The van der Waals surface area contributed by atoms with E-state index in [-0.39, 0.29) is 17.9 Å². The van der Waals surface area contributed by atoms with Gasteiger partial charge in [0.1, 0.15) is 22.5 Å². The van der Waals surface area contributed by atoms with Crippen molar-refractivity contribution >= 4 is 60.7 Å². The van der Waals surface area contributed by atoms with E-state index < -0.39 is 0 Å². The average molecular weight is 425 g/mol. The van der Waals surface area contributed by atoms with Gasteiger partial charge in [-0.25, -0.2) is 9.97 Å². The van der Waals surface area contributed by atoms with Gasteiger partial charge in [0.2, 0.25) is 5.91 Å². The summed E-state index contributed by atoms with van der Waals surface area (Å²) < 4.78 is 5.03. The fourth-order valence-corrected chi connectivity index (χ4v) is 5.69. The quantitative estimate of drug-likeness (QED) is 0.513. The normalized spacial score (nSPS) is 16.3. The van der Waals surface area contributed by atoms with Crippen molar-refractivity contribution in [2.24, 2.45) is 5.92 Å². The monoisotopic (exact) mass is 424 g/mol. The first kappa shape index (κ1) is 18.4. The fraction of sp³-hybridized carbons (Fsp3) is 0.350. The summed E-state index contributed by atoms with van der Waals surface area (Å²) in [5.74, 6) is 0.997. The van der Waals surface area contributed by atoms with Gasteiger partial charge in [-0.3, -0.25) is 4.79 Å². The number of aryl methyl sites for hydroxylation is 1. The predicted molar refractivity (Wildman–Crippen MR) is 117 cm³/mol. The number of amides is 1. The highest BCUT2D eigenvalue weighted by molar-refractivity contribution is 7.19. The summed E-state index contributed by atoms with van der Waals surface area (Å²) in [6.07, 6.45) is 4.09. The summed E-state index contributed by atoms with van der Waals surface area (Å²) in [5.41, 5.74) is 3.13. The van der Waals surface area contributed by atoms with Crippen molar-refractivity contribution in [1.82, 2.24) is 24.9 Å². The van der Waals surface area contributed by atoms with Crippen LogP contribution in [0.2, 0.25) is 0 Å². The van der Waals surface area contributed by atoms with Crippen molar-refractivity contribution in [2.45, 2.75) is 39.2 Å². The maximum Gasteiger partial charge on any atom is 0.223 e. The van der Waals surface area contributed by atoms with E-state index in [0.717, 1.165) is 51.2 Å². The Morgan fingerprint density at radius 1 is 1.28 bits per heavy atom. The van der Waals surface area contributed by atoms with Crippen molar-refractivity contribution in [2.75, 3.05) is 5.32 Å². The van der Waals surface area contributed by atoms with E-state index in [4.69, 9.17) is 0 Å². The summed E-state index contributed by atoms with van der Waals surface area (Å²) >= 11 is 3.06. The average Bonchev–Trinajstić information content (AvgIpc) is 3.31. The van der Waals surface area contributed by atoms with Gasteiger partial charge >= 0.3 is 0 Å². The minimum absolute atomic E-state index is 0.0311. The highest BCUT2D eigenvalue weighted by atomic mass is 32.1. The Labute approximate surface area is 175 Å². The number of thiophene rings is 1. The Balaban J connectivity index is 1.47. The molecule has 1 aliphatic rings. The molecule has 2 N–H and O–H groups in total. The number of rotatable bonds is 4. The Bertz CT molecular complexity index is 1210. The molecule has 0 saturated carbocycles. The summed E-state index contributed by atoms with van der Waals surface area (Å²) in [6.45, 7) is 4.00. The third-order valence-electron chi connectivity index (χ3n) is 5.16. The first-order chi connectivity index (χ1) is 14.1. The number of carbonyl (C=O) groups excluding carboxylic acids is 1. The van der Waals surface area contributed by atoms with Crippen LogP contribution in [-0.4, -0.2) is 31.5 Å². The van der Waals surface area contributed by atoms with Crippen LogP contribution in [0.3, 0.4) is 0 Å². The van der Waals surface area contributed by atoms with E-state index in [9.17, 15) is 4.79 Å². The van der Waals surface area contributed by atoms with Gasteiger partial charge in [-0.05, 0) is 68.4 Å². The van der Waals surface area contributed by atoms with Gasteiger partial charge in [0, 0.05) is 22.5 Å². The van der Waals surface area contributed by atoms with Crippen molar-refractivity contribution in [3.63, 3.8) is 0 Å². The smallest absolute Gasteiger partial charge is 0.223 e. The SMILES string of the molecule is CC(C)NC(=O)[C@H]1CCc2c(sc3ncnc(Nc4ccc5nnsc5c4)c23)C1. The lowest BCUT2D eigenvalue weighted by molar-refractivity contribution is -0.125. The van der Waals surface area contributed by atoms with Crippen molar-refractivity contribution in [1.29, 1.82) is 0 Å². The molecule has 0 saturated heterocycles. The Morgan fingerprint density at radius 2 is 2.17 bits per heavy atom. The molecule has 7 nitrogen and oxygen atoms in total. The number of carbonyl (C=O) groups is 1. The van der Waals surface area contributed by atoms with E-state index in [1.54, 1.807) is 17.7 Å². The Morgan fingerprint density at radius 3 is 3.03 bits per heavy atom. The van der Waals surface area contributed by atoms with Crippen LogP contribution in [-0.2, 0) is 17.6 Å². The lowest BCUT2D eigenvalue weighted by Crippen LogP contribution is -2.37. The van der Waals surface area contributed by atoms with Gasteiger partial charge in [-0.15, -0.1) is 16.4 Å². The van der Waals surface area contributed by atoms with Crippen LogP contribution >= 0.6 is 22.9 Å². The highest BCUT2D eigenvalue weighted by Gasteiger charge is 2.29. The molecule has 9 heteroatoms. The first-order valence-corrected chi connectivity index (χ1v) is 11.2. The second-order valence-electron chi connectivity index (χ2n) is 7.59. The van der Waals surface area contributed by atoms with Crippen LogP contribution in [0.15, 0.2) is 24.5 Å². The second-order valence-corrected chi connectivity index (χ2v) is 9.46. The molecule has 0 aliphatic heterocycles.